The summed E-state index contributed by atoms with van der Waals surface area (Å²) in [5, 5.41) is 3.71. The Kier molecular flexibility index (Phi) is 7.19. The van der Waals surface area contributed by atoms with Crippen molar-refractivity contribution < 1.29 is 19.1 Å². The zero-order valence-electron chi connectivity index (χ0n) is 18.9. The zero-order chi connectivity index (χ0) is 21.1. The number of carbonyl (C=O) groups is 1. The van der Waals surface area contributed by atoms with E-state index in [0.29, 0.717) is 17.9 Å². The van der Waals surface area contributed by atoms with E-state index < -0.39 is 5.60 Å². The fraction of sp³-hybridized carbons (Fsp3) is 0.955. The highest BCUT2D eigenvalue weighted by molar-refractivity contribution is 5.68. The van der Waals surface area contributed by atoms with Crippen LogP contribution in [0.1, 0.15) is 59.3 Å². The topological polar surface area (TPSA) is 75.3 Å². The first-order valence-corrected chi connectivity index (χ1v) is 11.9. The van der Waals surface area contributed by atoms with Gasteiger partial charge in [-0.25, -0.2) is 4.79 Å². The average Bonchev–Trinajstić information content (AvgIpc) is 3.24. The van der Waals surface area contributed by atoms with Gasteiger partial charge in [-0.15, -0.1) is 0 Å². The molecule has 1 amide bonds. The maximum Gasteiger partial charge on any atom is 0.410 e. The summed E-state index contributed by atoms with van der Waals surface area (Å²) in [6.45, 7) is 11.2. The number of rotatable bonds is 3. The molecular weight excluding hydrogens is 384 g/mol. The van der Waals surface area contributed by atoms with Gasteiger partial charge in [-0.3, -0.25) is 15.1 Å². The number of likely N-dealkylation sites (tertiary alicyclic amines) is 1. The highest BCUT2D eigenvalue weighted by Crippen LogP contribution is 2.33. The first-order chi connectivity index (χ1) is 14.4. The SMILES string of the molecule is CC(C)(C)OC(=O)N1CCC(C2NOC(C3CCC(N4CCOCC4)CC3)N2)CC1. The van der Waals surface area contributed by atoms with Crippen molar-refractivity contribution in [2.45, 2.75) is 83.3 Å². The molecule has 1 saturated carbocycles. The molecule has 0 aromatic heterocycles. The first-order valence-electron chi connectivity index (χ1n) is 11.9. The maximum atomic E-state index is 12.3. The van der Waals surface area contributed by atoms with Crippen molar-refractivity contribution in [2.75, 3.05) is 39.4 Å². The summed E-state index contributed by atoms with van der Waals surface area (Å²) in [6.07, 6.45) is 6.94. The van der Waals surface area contributed by atoms with Crippen LogP contribution in [-0.2, 0) is 14.3 Å². The normalized spacial score (nSPS) is 34.8. The molecule has 0 radical (unpaired) electrons. The Morgan fingerprint density at radius 1 is 0.933 bits per heavy atom. The molecule has 3 heterocycles. The third-order valence-electron chi connectivity index (χ3n) is 7.06. The quantitative estimate of drug-likeness (QED) is 0.720. The van der Waals surface area contributed by atoms with Crippen LogP contribution < -0.4 is 10.8 Å². The summed E-state index contributed by atoms with van der Waals surface area (Å²) in [5.74, 6) is 1.04. The van der Waals surface area contributed by atoms with Gasteiger partial charge in [0.1, 0.15) is 11.8 Å². The molecule has 3 saturated heterocycles. The Labute approximate surface area is 180 Å². The number of nitrogens with zero attached hydrogens (tertiary/aromatic N) is 2. The fourth-order valence-electron chi connectivity index (χ4n) is 5.31. The molecule has 1 aliphatic carbocycles. The van der Waals surface area contributed by atoms with Gasteiger partial charge in [-0.1, -0.05) is 0 Å². The van der Waals surface area contributed by atoms with Crippen molar-refractivity contribution in [3.8, 4) is 0 Å². The van der Waals surface area contributed by atoms with E-state index in [0.717, 1.165) is 52.2 Å². The van der Waals surface area contributed by atoms with Crippen molar-refractivity contribution >= 4 is 6.09 Å². The number of hydrogen-bond donors (Lipinski definition) is 2. The number of morpholine rings is 1. The standard InChI is InChI=1S/C22H40N4O4/c1-22(2,3)29-21(27)26-10-8-16(9-11-26)19-23-20(30-24-19)17-4-6-18(7-5-17)25-12-14-28-15-13-25/h16-20,23-24H,4-15H2,1-3H3. The number of ether oxygens (including phenoxy) is 2. The van der Waals surface area contributed by atoms with Crippen LogP contribution in [0.25, 0.3) is 0 Å². The summed E-state index contributed by atoms with van der Waals surface area (Å²) < 4.78 is 11.0. The second-order valence-electron chi connectivity index (χ2n) is 10.3. The molecule has 2 unspecified atom stereocenters. The van der Waals surface area contributed by atoms with Crippen LogP contribution in [0.3, 0.4) is 0 Å². The third kappa shape index (κ3) is 5.65. The molecule has 8 nitrogen and oxygen atoms in total. The molecule has 0 aromatic carbocycles. The van der Waals surface area contributed by atoms with E-state index in [1.807, 2.05) is 25.7 Å². The Morgan fingerprint density at radius 2 is 1.60 bits per heavy atom. The van der Waals surface area contributed by atoms with Crippen LogP contribution in [0.15, 0.2) is 0 Å². The lowest BCUT2D eigenvalue weighted by Gasteiger charge is -2.39. The Bertz CT molecular complexity index is 562. The third-order valence-corrected chi connectivity index (χ3v) is 7.06. The molecule has 0 bridgehead atoms. The maximum absolute atomic E-state index is 12.3. The second kappa shape index (κ2) is 9.69. The van der Waals surface area contributed by atoms with Gasteiger partial charge in [0, 0.05) is 38.1 Å². The van der Waals surface area contributed by atoms with Gasteiger partial charge >= 0.3 is 6.09 Å². The lowest BCUT2D eigenvalue weighted by atomic mass is 9.84. The molecule has 0 aromatic rings. The van der Waals surface area contributed by atoms with Crippen LogP contribution >= 0.6 is 0 Å². The predicted octanol–water partition coefficient (Wildman–Crippen LogP) is 2.30. The molecule has 4 aliphatic rings. The number of nitrogens with one attached hydrogen (secondary N) is 2. The summed E-state index contributed by atoms with van der Waals surface area (Å²) in [4.78, 5) is 22.7. The summed E-state index contributed by atoms with van der Waals surface area (Å²) in [6, 6.07) is 0.715. The average molecular weight is 425 g/mol. The van der Waals surface area contributed by atoms with Crippen molar-refractivity contribution in [1.29, 1.82) is 0 Å². The second-order valence-corrected chi connectivity index (χ2v) is 10.3. The highest BCUT2D eigenvalue weighted by atomic mass is 16.7. The van der Waals surface area contributed by atoms with E-state index >= 15 is 0 Å². The van der Waals surface area contributed by atoms with Crippen molar-refractivity contribution in [3.05, 3.63) is 0 Å². The number of hydrogen-bond acceptors (Lipinski definition) is 7. The van der Waals surface area contributed by atoms with Crippen LogP contribution in [0, 0.1) is 11.8 Å². The number of amides is 1. The lowest BCUT2D eigenvalue weighted by molar-refractivity contribution is -0.0384. The summed E-state index contributed by atoms with van der Waals surface area (Å²) in [7, 11) is 0. The van der Waals surface area contributed by atoms with Crippen LogP contribution in [0.2, 0.25) is 0 Å². The number of carbonyl (C=O) groups excluding carboxylic acids is 1. The van der Waals surface area contributed by atoms with Crippen LogP contribution in [0.4, 0.5) is 4.79 Å². The van der Waals surface area contributed by atoms with Gasteiger partial charge in [0.15, 0.2) is 0 Å². The molecule has 2 atom stereocenters. The summed E-state index contributed by atoms with van der Waals surface area (Å²) in [5.41, 5.74) is 2.82. The van der Waals surface area contributed by atoms with Gasteiger partial charge in [0.25, 0.3) is 0 Å². The van der Waals surface area contributed by atoms with E-state index in [9.17, 15) is 4.79 Å². The van der Waals surface area contributed by atoms with Gasteiger partial charge in [0.05, 0.1) is 19.4 Å². The van der Waals surface area contributed by atoms with Gasteiger partial charge in [0.2, 0.25) is 0 Å². The molecule has 4 rings (SSSR count). The minimum absolute atomic E-state index is 0.101. The van der Waals surface area contributed by atoms with Gasteiger partial charge in [-0.05, 0) is 65.2 Å². The molecule has 4 fully saturated rings. The fourth-order valence-corrected chi connectivity index (χ4v) is 5.31. The molecule has 2 N–H and O–H groups in total. The first kappa shape index (κ1) is 22.3. The molecule has 0 spiro atoms. The van der Waals surface area contributed by atoms with Crippen molar-refractivity contribution in [1.82, 2.24) is 20.6 Å². The minimum atomic E-state index is -0.440. The number of piperidine rings is 1. The lowest BCUT2D eigenvalue weighted by Crippen LogP contribution is -2.49. The summed E-state index contributed by atoms with van der Waals surface area (Å²) >= 11 is 0. The van der Waals surface area contributed by atoms with E-state index in [1.54, 1.807) is 0 Å². The van der Waals surface area contributed by atoms with Gasteiger partial charge in [-0.2, -0.15) is 5.48 Å². The zero-order valence-corrected chi connectivity index (χ0v) is 18.9. The largest absolute Gasteiger partial charge is 0.444 e. The molecule has 8 heteroatoms. The van der Waals surface area contributed by atoms with Crippen molar-refractivity contribution in [3.63, 3.8) is 0 Å². The molecule has 172 valence electrons. The Morgan fingerprint density at radius 3 is 2.23 bits per heavy atom. The molecule has 3 aliphatic heterocycles. The van der Waals surface area contributed by atoms with E-state index in [1.165, 1.54) is 25.7 Å². The smallest absolute Gasteiger partial charge is 0.410 e. The van der Waals surface area contributed by atoms with E-state index in [4.69, 9.17) is 14.3 Å². The monoisotopic (exact) mass is 424 g/mol. The Hall–Kier alpha value is -0.930. The predicted molar refractivity (Wildman–Crippen MR) is 114 cm³/mol. The van der Waals surface area contributed by atoms with E-state index in [-0.39, 0.29) is 18.5 Å². The van der Waals surface area contributed by atoms with Gasteiger partial charge < -0.3 is 14.4 Å². The minimum Gasteiger partial charge on any atom is -0.444 e. The highest BCUT2D eigenvalue weighted by Gasteiger charge is 2.39. The molecule has 30 heavy (non-hydrogen) atoms. The Balaban J connectivity index is 1.18. The van der Waals surface area contributed by atoms with E-state index in [2.05, 4.69) is 15.7 Å². The van der Waals surface area contributed by atoms with Crippen molar-refractivity contribution in [2.24, 2.45) is 11.8 Å². The van der Waals surface area contributed by atoms with Crippen LogP contribution in [0.5, 0.6) is 0 Å². The van der Waals surface area contributed by atoms with Crippen LogP contribution in [-0.4, -0.2) is 79.3 Å². The molecular formula is C22H40N4O4. The number of hydroxylamine groups is 1.